The fraction of sp³-hybridized carbons (Fsp3) is 0.267. The first-order valence-corrected chi connectivity index (χ1v) is 13.3. The molecule has 0 saturated carbocycles. The number of Topliss-reactive ketones (excluding diaryl/α,β-unsaturated/α-hetero) is 1. The van der Waals surface area contributed by atoms with Crippen LogP contribution in [0.3, 0.4) is 0 Å². The predicted octanol–water partition coefficient (Wildman–Crippen LogP) is 5.62. The van der Waals surface area contributed by atoms with Crippen LogP contribution in [0, 0.1) is 0 Å². The van der Waals surface area contributed by atoms with Gasteiger partial charge in [-0.3, -0.25) is 4.79 Å². The summed E-state index contributed by atoms with van der Waals surface area (Å²) in [6.45, 7) is 2.30. The molecule has 1 aromatic heterocycles. The number of allylic oxidation sites excluding steroid dienone is 3. The van der Waals surface area contributed by atoms with Crippen LogP contribution in [0.5, 0.6) is 11.5 Å². The zero-order valence-electron chi connectivity index (χ0n) is 20.5. The average molecular weight is 514 g/mol. The molecule has 0 unspecified atom stereocenters. The van der Waals surface area contributed by atoms with Gasteiger partial charge in [-0.05, 0) is 48.1 Å². The van der Waals surface area contributed by atoms with E-state index >= 15 is 0 Å². The number of carbonyl (C=O) groups is 2. The van der Waals surface area contributed by atoms with Crippen LogP contribution in [0.4, 0.5) is 0 Å². The molecule has 37 heavy (non-hydrogen) atoms. The van der Waals surface area contributed by atoms with Crippen molar-refractivity contribution in [2.75, 3.05) is 13.4 Å². The van der Waals surface area contributed by atoms with Crippen LogP contribution in [0.1, 0.15) is 47.6 Å². The molecular formula is C30H27NO5S. The minimum Gasteiger partial charge on any atom is -0.462 e. The van der Waals surface area contributed by atoms with E-state index in [4.69, 9.17) is 14.2 Å². The molecule has 0 bridgehead atoms. The van der Waals surface area contributed by atoms with E-state index in [0.29, 0.717) is 41.2 Å². The van der Waals surface area contributed by atoms with E-state index < -0.39 is 11.9 Å². The van der Waals surface area contributed by atoms with Crippen LogP contribution >= 0.6 is 11.3 Å². The lowest BCUT2D eigenvalue weighted by Crippen LogP contribution is -2.36. The van der Waals surface area contributed by atoms with Gasteiger partial charge in [-0.1, -0.05) is 42.5 Å². The van der Waals surface area contributed by atoms with Gasteiger partial charge in [0.25, 0.3) is 0 Å². The third kappa shape index (κ3) is 4.55. The molecule has 7 heteroatoms. The highest BCUT2D eigenvalue weighted by Crippen LogP contribution is 2.47. The average Bonchev–Trinajstić information content (AvgIpc) is 3.60. The smallest absolute Gasteiger partial charge is 0.336 e. The molecule has 0 fully saturated rings. The van der Waals surface area contributed by atoms with E-state index in [2.05, 4.69) is 11.4 Å². The molecule has 0 saturated heterocycles. The van der Waals surface area contributed by atoms with Gasteiger partial charge in [0.15, 0.2) is 17.3 Å². The summed E-state index contributed by atoms with van der Waals surface area (Å²) in [6, 6.07) is 19.7. The van der Waals surface area contributed by atoms with Crippen LogP contribution in [0.25, 0.3) is 0 Å². The van der Waals surface area contributed by atoms with Crippen molar-refractivity contribution in [1.82, 2.24) is 5.32 Å². The third-order valence-corrected chi connectivity index (χ3v) is 8.22. The third-order valence-electron chi connectivity index (χ3n) is 7.19. The second-order valence-corrected chi connectivity index (χ2v) is 10.5. The number of esters is 1. The molecule has 1 aliphatic carbocycles. The van der Waals surface area contributed by atoms with Crippen molar-refractivity contribution >= 4 is 23.1 Å². The Hall–Kier alpha value is -3.84. The number of hydrogen-bond acceptors (Lipinski definition) is 7. The first-order chi connectivity index (χ1) is 18.1. The Morgan fingerprint density at radius 3 is 2.70 bits per heavy atom. The first-order valence-electron chi connectivity index (χ1n) is 12.5. The normalized spacial score (nSPS) is 20.5. The number of dihydropyridines is 1. The van der Waals surface area contributed by atoms with Gasteiger partial charge >= 0.3 is 5.97 Å². The minimum atomic E-state index is -0.535. The zero-order chi connectivity index (χ0) is 25.4. The lowest BCUT2D eigenvalue weighted by molar-refractivity contribution is -0.139. The Morgan fingerprint density at radius 2 is 1.89 bits per heavy atom. The Morgan fingerprint density at radius 1 is 1.05 bits per heavy atom. The van der Waals surface area contributed by atoms with Crippen molar-refractivity contribution in [3.63, 3.8) is 0 Å². The molecule has 3 heterocycles. The van der Waals surface area contributed by atoms with Gasteiger partial charge in [0.2, 0.25) is 6.79 Å². The van der Waals surface area contributed by atoms with Gasteiger partial charge in [0.1, 0.15) is 0 Å². The maximum atomic E-state index is 13.7. The molecule has 6 rings (SSSR count). The molecule has 0 radical (unpaired) electrons. The number of rotatable bonds is 6. The number of carbonyl (C=O) groups excluding carboxylic acids is 2. The summed E-state index contributed by atoms with van der Waals surface area (Å²) in [5.74, 6) is 0.509. The summed E-state index contributed by atoms with van der Waals surface area (Å²) in [7, 11) is 0. The topological polar surface area (TPSA) is 73.9 Å². The van der Waals surface area contributed by atoms with Crippen LogP contribution in [0.15, 0.2) is 88.6 Å². The molecule has 3 aliphatic rings. The predicted molar refractivity (Wildman–Crippen MR) is 141 cm³/mol. The molecule has 0 amide bonds. The summed E-state index contributed by atoms with van der Waals surface area (Å²) in [4.78, 5) is 28.4. The maximum absolute atomic E-state index is 13.7. The largest absolute Gasteiger partial charge is 0.462 e. The highest BCUT2D eigenvalue weighted by molar-refractivity contribution is 7.10. The molecule has 1 N–H and O–H groups in total. The number of ketones is 1. The van der Waals surface area contributed by atoms with E-state index in [1.807, 2.05) is 66.9 Å². The van der Waals surface area contributed by atoms with Crippen molar-refractivity contribution in [3.8, 4) is 11.5 Å². The molecule has 2 aromatic carbocycles. The van der Waals surface area contributed by atoms with E-state index in [1.54, 1.807) is 11.3 Å². The van der Waals surface area contributed by atoms with Crippen LogP contribution in [-0.4, -0.2) is 25.2 Å². The van der Waals surface area contributed by atoms with Gasteiger partial charge in [-0.15, -0.1) is 11.3 Å². The molecule has 188 valence electrons. The van der Waals surface area contributed by atoms with Crippen LogP contribution in [0.2, 0.25) is 0 Å². The minimum absolute atomic E-state index is 0.0527. The maximum Gasteiger partial charge on any atom is 0.336 e. The summed E-state index contributed by atoms with van der Waals surface area (Å²) < 4.78 is 16.9. The Bertz CT molecular complexity index is 1410. The van der Waals surface area contributed by atoms with Gasteiger partial charge in [-0.2, -0.15) is 0 Å². The first kappa shape index (κ1) is 23.6. The second kappa shape index (κ2) is 9.90. The summed E-state index contributed by atoms with van der Waals surface area (Å²) in [5, 5.41) is 5.46. The second-order valence-electron chi connectivity index (χ2n) is 9.52. The molecule has 0 spiro atoms. The van der Waals surface area contributed by atoms with Gasteiger partial charge in [0.05, 0.1) is 12.2 Å². The Balaban J connectivity index is 1.34. The number of hydrogen-bond donors (Lipinski definition) is 1. The zero-order valence-corrected chi connectivity index (χ0v) is 21.3. The molecular weight excluding hydrogens is 486 g/mol. The molecule has 3 aromatic rings. The van der Waals surface area contributed by atoms with Gasteiger partial charge in [-0.25, -0.2) is 4.79 Å². The number of thiophene rings is 1. The lowest BCUT2D eigenvalue weighted by atomic mass is 9.72. The van der Waals surface area contributed by atoms with Crippen LogP contribution in [-0.2, 0) is 20.7 Å². The number of nitrogens with one attached hydrogen (secondary N) is 1. The van der Waals surface area contributed by atoms with Gasteiger partial charge in [0, 0.05) is 46.5 Å². The van der Waals surface area contributed by atoms with Crippen molar-refractivity contribution in [1.29, 1.82) is 0 Å². The molecule has 2 atom stereocenters. The highest BCUT2D eigenvalue weighted by Gasteiger charge is 2.42. The Labute approximate surface area is 219 Å². The number of fused-ring (bicyclic) bond motifs is 1. The number of benzene rings is 2. The van der Waals surface area contributed by atoms with E-state index in [-0.39, 0.29) is 25.1 Å². The monoisotopic (exact) mass is 513 g/mol. The molecule has 6 nitrogen and oxygen atoms in total. The Kier molecular flexibility index (Phi) is 6.30. The van der Waals surface area contributed by atoms with Crippen molar-refractivity contribution < 1.29 is 23.8 Å². The van der Waals surface area contributed by atoms with Crippen molar-refractivity contribution in [2.24, 2.45) is 0 Å². The summed E-state index contributed by atoms with van der Waals surface area (Å²) in [5.41, 5.74) is 4.62. The fourth-order valence-electron chi connectivity index (χ4n) is 5.44. The quantitative estimate of drug-likeness (QED) is 0.431. The van der Waals surface area contributed by atoms with Crippen molar-refractivity contribution in [3.05, 3.63) is 105 Å². The van der Waals surface area contributed by atoms with Gasteiger partial charge < -0.3 is 19.5 Å². The fourth-order valence-corrected chi connectivity index (χ4v) is 6.27. The molecule has 2 aliphatic heterocycles. The standard InChI is InChI=1S/C30H27NO5S/c1-18-27(30(33)34-12-11-19-6-3-2-4-7-19)28(20-9-10-24-25(16-20)36-17-35-24)29-22(31-18)14-21(15-23(29)32)26-8-5-13-37-26/h2-10,13,16,21,28,31H,11-12,14-15,17H2,1H3/t21-,28+/m1/s1. The summed E-state index contributed by atoms with van der Waals surface area (Å²) >= 11 is 1.68. The van der Waals surface area contributed by atoms with E-state index in [0.717, 1.165) is 23.2 Å². The summed E-state index contributed by atoms with van der Waals surface area (Å²) in [6.07, 6.45) is 1.75. The SMILES string of the molecule is CC1=C(C(=O)OCCc2ccccc2)[C@H](c2ccc3c(c2)OCO3)C2=C(C[C@@H](c3cccs3)CC2=O)N1. The highest BCUT2D eigenvalue weighted by atomic mass is 32.1. The van der Waals surface area contributed by atoms with Crippen LogP contribution < -0.4 is 14.8 Å². The number of ether oxygens (including phenoxy) is 3. The van der Waals surface area contributed by atoms with E-state index in [1.165, 1.54) is 4.88 Å². The van der Waals surface area contributed by atoms with Crippen molar-refractivity contribution in [2.45, 2.75) is 38.0 Å². The lowest BCUT2D eigenvalue weighted by Gasteiger charge is -2.36. The van der Waals surface area contributed by atoms with E-state index in [9.17, 15) is 9.59 Å².